The Kier molecular flexibility index (Phi) is 6.94. The van der Waals surface area contributed by atoms with Gasteiger partial charge >= 0.3 is 6.01 Å². The number of aryl methyl sites for hydroxylation is 1. The normalized spacial score (nSPS) is 10.4. The van der Waals surface area contributed by atoms with Crippen molar-refractivity contribution in [1.82, 2.24) is 9.97 Å². The molecule has 1 N–H and O–H groups in total. The number of amides is 1. The Bertz CT molecular complexity index is 743. The van der Waals surface area contributed by atoms with E-state index in [9.17, 15) is 9.18 Å². The summed E-state index contributed by atoms with van der Waals surface area (Å²) in [5.74, 6) is -0.476. The van der Waals surface area contributed by atoms with Gasteiger partial charge in [0, 0.05) is 6.42 Å². The Morgan fingerprint density at radius 2 is 2.04 bits per heavy atom. The first-order chi connectivity index (χ1) is 12.0. The molecule has 8 heteroatoms. The summed E-state index contributed by atoms with van der Waals surface area (Å²) in [6.07, 6.45) is 2.06. The molecule has 0 aliphatic rings. The molecule has 1 aromatic heterocycles. The summed E-state index contributed by atoms with van der Waals surface area (Å²) < 4.78 is 23.8. The predicted octanol–water partition coefficient (Wildman–Crippen LogP) is 3.64. The number of carbonyl (C=O) groups is 1. The second-order valence-corrected chi connectivity index (χ2v) is 5.44. The number of carbonyl (C=O) groups excluding carboxylic acids is 1. The van der Waals surface area contributed by atoms with Gasteiger partial charge in [0.25, 0.3) is 0 Å². The highest BCUT2D eigenvalue weighted by atomic mass is 35.5. The fraction of sp³-hybridized carbons (Fsp3) is 0.353. The molecule has 0 unspecified atom stereocenters. The predicted molar refractivity (Wildman–Crippen MR) is 92.7 cm³/mol. The molecule has 0 atom stereocenters. The van der Waals surface area contributed by atoms with Gasteiger partial charge < -0.3 is 14.8 Å². The van der Waals surface area contributed by atoms with Crippen molar-refractivity contribution in [3.63, 3.8) is 0 Å². The molecule has 25 heavy (non-hydrogen) atoms. The van der Waals surface area contributed by atoms with E-state index in [-0.39, 0.29) is 29.2 Å². The number of anilines is 1. The zero-order valence-electron chi connectivity index (χ0n) is 14.0. The van der Waals surface area contributed by atoms with Gasteiger partial charge in [0.2, 0.25) is 11.8 Å². The van der Waals surface area contributed by atoms with Crippen molar-refractivity contribution in [2.24, 2.45) is 0 Å². The number of aromatic nitrogens is 2. The highest BCUT2D eigenvalue weighted by molar-refractivity contribution is 6.30. The summed E-state index contributed by atoms with van der Waals surface area (Å²) >= 11 is 5.73. The van der Waals surface area contributed by atoms with E-state index >= 15 is 0 Å². The Morgan fingerprint density at radius 3 is 2.72 bits per heavy atom. The molecule has 2 rings (SSSR count). The van der Waals surface area contributed by atoms with Crippen LogP contribution in [0.15, 0.2) is 24.4 Å². The minimum Gasteiger partial charge on any atom is -0.476 e. The molecule has 0 aliphatic carbocycles. The number of nitrogens with one attached hydrogen (secondary N) is 1. The second kappa shape index (κ2) is 9.17. The van der Waals surface area contributed by atoms with Crippen molar-refractivity contribution in [2.75, 3.05) is 18.5 Å². The number of rotatable bonds is 8. The van der Waals surface area contributed by atoms with Crippen molar-refractivity contribution < 1.29 is 18.7 Å². The first-order valence-electron chi connectivity index (χ1n) is 7.89. The molecule has 1 heterocycles. The lowest BCUT2D eigenvalue weighted by molar-refractivity contribution is -0.116. The molecule has 2 aromatic rings. The maximum absolute atomic E-state index is 13.1. The third-order valence-corrected chi connectivity index (χ3v) is 3.47. The van der Waals surface area contributed by atoms with E-state index in [1.165, 1.54) is 18.3 Å². The molecular formula is C17H19ClFN3O3. The zero-order valence-corrected chi connectivity index (χ0v) is 14.8. The first kappa shape index (κ1) is 18.9. The van der Waals surface area contributed by atoms with E-state index in [4.69, 9.17) is 21.1 Å². The molecule has 134 valence electrons. The molecule has 0 fully saturated rings. The van der Waals surface area contributed by atoms with E-state index in [1.807, 2.05) is 13.8 Å². The highest BCUT2D eigenvalue weighted by Gasteiger charge is 2.12. The Balaban J connectivity index is 2.00. The largest absolute Gasteiger partial charge is 0.476 e. The molecule has 1 amide bonds. The van der Waals surface area contributed by atoms with Gasteiger partial charge in [0.05, 0.1) is 24.4 Å². The van der Waals surface area contributed by atoms with Crippen LogP contribution in [0.25, 0.3) is 0 Å². The van der Waals surface area contributed by atoms with Gasteiger partial charge in [0.15, 0.2) is 0 Å². The molecule has 0 bridgehead atoms. The van der Waals surface area contributed by atoms with Crippen molar-refractivity contribution >= 4 is 23.2 Å². The molecule has 0 saturated carbocycles. The highest BCUT2D eigenvalue weighted by Crippen LogP contribution is 2.23. The van der Waals surface area contributed by atoms with Gasteiger partial charge in [-0.15, -0.1) is 0 Å². The average molecular weight is 368 g/mol. The number of ether oxygens (including phenoxy) is 2. The summed E-state index contributed by atoms with van der Waals surface area (Å²) in [4.78, 5) is 20.3. The molecule has 0 aliphatic heterocycles. The number of hydrogen-bond acceptors (Lipinski definition) is 5. The lowest BCUT2D eigenvalue weighted by atomic mass is 10.1. The van der Waals surface area contributed by atoms with Crippen LogP contribution in [0.1, 0.15) is 25.8 Å². The van der Waals surface area contributed by atoms with E-state index < -0.39 is 5.82 Å². The minimum absolute atomic E-state index is 0.0384. The second-order valence-electron chi connectivity index (χ2n) is 5.03. The molecule has 0 spiro atoms. The Labute approximate surface area is 150 Å². The Hall–Kier alpha value is -2.41. The van der Waals surface area contributed by atoms with Crippen molar-refractivity contribution in [3.8, 4) is 11.9 Å². The van der Waals surface area contributed by atoms with Gasteiger partial charge in [-0.05, 0) is 38.0 Å². The van der Waals surface area contributed by atoms with Gasteiger partial charge in [-0.1, -0.05) is 17.7 Å². The third-order valence-electron chi connectivity index (χ3n) is 3.19. The van der Waals surface area contributed by atoms with Crippen LogP contribution in [0.3, 0.4) is 0 Å². The summed E-state index contributed by atoms with van der Waals surface area (Å²) in [5, 5.41) is 2.75. The quantitative estimate of drug-likeness (QED) is 0.771. The maximum atomic E-state index is 13.1. The van der Waals surface area contributed by atoms with Crippen LogP contribution in [-0.4, -0.2) is 29.1 Å². The van der Waals surface area contributed by atoms with Crippen LogP contribution in [0.5, 0.6) is 11.9 Å². The lowest BCUT2D eigenvalue weighted by Gasteiger charge is -2.11. The fourth-order valence-corrected chi connectivity index (χ4v) is 2.25. The zero-order chi connectivity index (χ0) is 18.2. The standard InChI is InChI=1S/C17H19ClFN3O3/c1-3-24-16-14(10-20-17(22-16)25-4-2)21-15(23)8-6-11-5-7-13(19)12(18)9-11/h5,7,9-10H,3-4,6,8H2,1-2H3,(H,21,23). The maximum Gasteiger partial charge on any atom is 0.319 e. The fourth-order valence-electron chi connectivity index (χ4n) is 2.05. The summed E-state index contributed by atoms with van der Waals surface area (Å²) in [6, 6.07) is 4.57. The number of halogens is 2. The van der Waals surface area contributed by atoms with Gasteiger partial charge in [-0.25, -0.2) is 9.37 Å². The van der Waals surface area contributed by atoms with Crippen molar-refractivity contribution in [2.45, 2.75) is 26.7 Å². The monoisotopic (exact) mass is 367 g/mol. The number of hydrogen-bond donors (Lipinski definition) is 1. The lowest BCUT2D eigenvalue weighted by Crippen LogP contribution is -2.14. The van der Waals surface area contributed by atoms with Crippen LogP contribution in [0.2, 0.25) is 5.02 Å². The van der Waals surface area contributed by atoms with Gasteiger partial charge in [-0.2, -0.15) is 4.98 Å². The van der Waals surface area contributed by atoms with E-state index in [1.54, 1.807) is 6.07 Å². The molecular weight excluding hydrogens is 349 g/mol. The first-order valence-corrected chi connectivity index (χ1v) is 8.27. The van der Waals surface area contributed by atoms with E-state index in [2.05, 4.69) is 15.3 Å². The van der Waals surface area contributed by atoms with Crippen LogP contribution < -0.4 is 14.8 Å². The van der Waals surface area contributed by atoms with E-state index in [0.29, 0.717) is 25.3 Å². The molecule has 6 nitrogen and oxygen atoms in total. The van der Waals surface area contributed by atoms with Gasteiger partial charge in [0.1, 0.15) is 11.5 Å². The molecule has 0 radical (unpaired) electrons. The number of benzene rings is 1. The summed E-state index contributed by atoms with van der Waals surface area (Å²) in [6.45, 7) is 4.45. The summed E-state index contributed by atoms with van der Waals surface area (Å²) in [5.41, 5.74) is 1.14. The SMILES string of the molecule is CCOc1ncc(NC(=O)CCc2ccc(F)c(Cl)c2)c(OCC)n1. The van der Waals surface area contributed by atoms with Gasteiger partial charge in [-0.3, -0.25) is 4.79 Å². The third kappa shape index (κ3) is 5.56. The molecule has 1 aromatic carbocycles. The summed E-state index contributed by atoms with van der Waals surface area (Å²) in [7, 11) is 0. The van der Waals surface area contributed by atoms with E-state index in [0.717, 1.165) is 5.56 Å². The van der Waals surface area contributed by atoms with Crippen molar-refractivity contribution in [1.29, 1.82) is 0 Å². The Morgan fingerprint density at radius 1 is 1.28 bits per heavy atom. The average Bonchev–Trinajstić information content (AvgIpc) is 2.59. The van der Waals surface area contributed by atoms with Crippen LogP contribution in [0.4, 0.5) is 10.1 Å². The number of nitrogens with zero attached hydrogens (tertiary/aromatic N) is 2. The topological polar surface area (TPSA) is 73.3 Å². The smallest absolute Gasteiger partial charge is 0.319 e. The van der Waals surface area contributed by atoms with Crippen LogP contribution in [0, 0.1) is 5.82 Å². The van der Waals surface area contributed by atoms with Crippen LogP contribution in [-0.2, 0) is 11.2 Å². The minimum atomic E-state index is -0.484. The molecule has 0 saturated heterocycles. The van der Waals surface area contributed by atoms with Crippen LogP contribution >= 0.6 is 11.6 Å². The van der Waals surface area contributed by atoms with Crippen molar-refractivity contribution in [3.05, 3.63) is 40.8 Å².